The first-order chi connectivity index (χ1) is 10.3. The van der Waals surface area contributed by atoms with Crippen molar-refractivity contribution in [2.45, 2.75) is 51.4 Å². The molecule has 0 bridgehead atoms. The van der Waals surface area contributed by atoms with Crippen molar-refractivity contribution in [1.82, 2.24) is 9.88 Å². The number of hydrogen-bond donors (Lipinski definition) is 1. The molecule has 1 aliphatic carbocycles. The summed E-state index contributed by atoms with van der Waals surface area (Å²) in [7, 11) is 0. The zero-order valence-corrected chi connectivity index (χ0v) is 12.3. The smallest absolute Gasteiger partial charge is 0.352 e. The van der Waals surface area contributed by atoms with E-state index in [9.17, 15) is 22.8 Å². The molecule has 1 heterocycles. The molecule has 0 radical (unpaired) electrons. The van der Waals surface area contributed by atoms with Crippen molar-refractivity contribution in [1.29, 1.82) is 0 Å². The molecule has 1 fully saturated rings. The number of nitrogens with one attached hydrogen (secondary N) is 1. The fraction of sp³-hybridized carbons (Fsp3) is 0.600. The Balaban J connectivity index is 2.07. The Labute approximate surface area is 126 Å². The molecular weight excluding hydrogens is 297 g/mol. The van der Waals surface area contributed by atoms with Crippen LogP contribution in [0.2, 0.25) is 0 Å². The second kappa shape index (κ2) is 6.54. The molecule has 1 amide bonds. The molecule has 7 heteroatoms. The molecule has 2 rings (SSSR count). The van der Waals surface area contributed by atoms with E-state index in [0.29, 0.717) is 5.92 Å². The highest BCUT2D eigenvalue weighted by molar-refractivity contribution is 5.76. The lowest BCUT2D eigenvalue weighted by molar-refractivity contribution is -0.139. The third-order valence-electron chi connectivity index (χ3n) is 4.10. The van der Waals surface area contributed by atoms with Gasteiger partial charge in [-0.25, -0.2) is 0 Å². The van der Waals surface area contributed by atoms with Crippen molar-refractivity contribution >= 4 is 5.91 Å². The highest BCUT2D eigenvalue weighted by Gasteiger charge is 2.34. The maximum Gasteiger partial charge on any atom is 0.421 e. The summed E-state index contributed by atoms with van der Waals surface area (Å²) < 4.78 is 38.8. The quantitative estimate of drug-likeness (QED) is 0.932. The van der Waals surface area contributed by atoms with Crippen LogP contribution in [0.1, 0.15) is 38.2 Å². The lowest BCUT2D eigenvalue weighted by Gasteiger charge is -2.29. The number of alkyl halides is 3. The molecule has 122 valence electrons. The molecule has 1 aliphatic rings. The SMILES string of the molecule is CC1CCCCC1NC(=O)Cn1cccc(C(F)(F)F)c1=O. The molecular formula is C15H19F3N2O2. The van der Waals surface area contributed by atoms with Gasteiger partial charge in [-0.2, -0.15) is 13.2 Å². The van der Waals surface area contributed by atoms with Crippen molar-refractivity contribution in [3.63, 3.8) is 0 Å². The van der Waals surface area contributed by atoms with Crippen molar-refractivity contribution in [2.24, 2.45) is 5.92 Å². The molecule has 0 aromatic carbocycles. The fourth-order valence-electron chi connectivity index (χ4n) is 2.81. The topological polar surface area (TPSA) is 51.1 Å². The number of pyridine rings is 1. The van der Waals surface area contributed by atoms with Crippen LogP contribution in [-0.2, 0) is 17.5 Å². The van der Waals surface area contributed by atoms with E-state index in [1.54, 1.807) is 0 Å². The summed E-state index contributed by atoms with van der Waals surface area (Å²) in [5.41, 5.74) is -2.45. The van der Waals surface area contributed by atoms with E-state index >= 15 is 0 Å². The average Bonchev–Trinajstić information content (AvgIpc) is 2.42. The zero-order valence-electron chi connectivity index (χ0n) is 12.3. The van der Waals surface area contributed by atoms with Crippen LogP contribution in [0.4, 0.5) is 13.2 Å². The number of aromatic nitrogens is 1. The van der Waals surface area contributed by atoms with Crippen LogP contribution in [0.3, 0.4) is 0 Å². The van der Waals surface area contributed by atoms with Gasteiger partial charge >= 0.3 is 6.18 Å². The number of halogens is 3. The Hall–Kier alpha value is -1.79. The van der Waals surface area contributed by atoms with Crippen molar-refractivity contribution < 1.29 is 18.0 Å². The predicted molar refractivity (Wildman–Crippen MR) is 75.3 cm³/mol. The van der Waals surface area contributed by atoms with E-state index < -0.39 is 29.8 Å². The lowest BCUT2D eigenvalue weighted by atomic mass is 9.86. The first-order valence-electron chi connectivity index (χ1n) is 7.35. The fourth-order valence-corrected chi connectivity index (χ4v) is 2.81. The third kappa shape index (κ3) is 3.90. The number of rotatable bonds is 3. The van der Waals surface area contributed by atoms with Gasteiger partial charge in [-0.05, 0) is 30.9 Å². The largest absolute Gasteiger partial charge is 0.421 e. The van der Waals surface area contributed by atoms with Crippen molar-refractivity contribution in [3.8, 4) is 0 Å². The first-order valence-corrected chi connectivity index (χ1v) is 7.35. The molecule has 1 N–H and O–H groups in total. The zero-order chi connectivity index (χ0) is 16.3. The monoisotopic (exact) mass is 316 g/mol. The maximum atomic E-state index is 12.7. The van der Waals surface area contributed by atoms with E-state index in [2.05, 4.69) is 5.32 Å². The van der Waals surface area contributed by atoms with Crippen LogP contribution in [0.5, 0.6) is 0 Å². The molecule has 0 aliphatic heterocycles. The molecule has 0 spiro atoms. The second-order valence-electron chi connectivity index (χ2n) is 5.79. The molecule has 0 saturated heterocycles. The summed E-state index contributed by atoms with van der Waals surface area (Å²) in [5, 5.41) is 2.82. The lowest BCUT2D eigenvalue weighted by Crippen LogP contribution is -2.43. The normalized spacial score (nSPS) is 22.4. The highest BCUT2D eigenvalue weighted by Crippen LogP contribution is 2.26. The van der Waals surface area contributed by atoms with Gasteiger partial charge in [-0.3, -0.25) is 9.59 Å². The van der Waals surface area contributed by atoms with E-state index in [1.807, 2.05) is 6.92 Å². The summed E-state index contributed by atoms with van der Waals surface area (Å²) in [6.07, 6.45) is 0.522. The number of carbonyl (C=O) groups is 1. The van der Waals surface area contributed by atoms with Gasteiger partial charge in [0.15, 0.2) is 0 Å². The van der Waals surface area contributed by atoms with E-state index in [0.717, 1.165) is 42.4 Å². The predicted octanol–water partition coefficient (Wildman–Crippen LogP) is 2.56. The summed E-state index contributed by atoms with van der Waals surface area (Å²) >= 11 is 0. The van der Waals surface area contributed by atoms with Crippen molar-refractivity contribution in [2.75, 3.05) is 0 Å². The Bertz CT molecular complexity index is 595. The van der Waals surface area contributed by atoms with Crippen LogP contribution in [0, 0.1) is 5.92 Å². The Morgan fingerprint density at radius 1 is 1.36 bits per heavy atom. The van der Waals surface area contributed by atoms with Gasteiger partial charge in [0.2, 0.25) is 5.91 Å². The number of nitrogens with zero attached hydrogens (tertiary/aromatic N) is 1. The molecule has 2 atom stereocenters. The van der Waals surface area contributed by atoms with Gasteiger partial charge in [-0.1, -0.05) is 19.8 Å². The molecule has 2 unspecified atom stereocenters. The summed E-state index contributed by atoms with van der Waals surface area (Å²) in [5.74, 6) is -0.0869. The third-order valence-corrected chi connectivity index (χ3v) is 4.10. The van der Waals surface area contributed by atoms with E-state index in [-0.39, 0.29) is 6.04 Å². The van der Waals surface area contributed by atoms with Gasteiger partial charge in [0, 0.05) is 12.2 Å². The minimum Gasteiger partial charge on any atom is -0.352 e. The first kappa shape index (κ1) is 16.6. The Morgan fingerprint density at radius 3 is 2.68 bits per heavy atom. The van der Waals surface area contributed by atoms with Gasteiger partial charge in [-0.15, -0.1) is 0 Å². The van der Waals surface area contributed by atoms with Gasteiger partial charge in [0.1, 0.15) is 12.1 Å². The molecule has 1 aromatic heterocycles. The molecule has 4 nitrogen and oxygen atoms in total. The van der Waals surface area contributed by atoms with E-state index in [1.165, 1.54) is 6.20 Å². The van der Waals surface area contributed by atoms with Gasteiger partial charge in [0.05, 0.1) is 0 Å². The molecule has 1 saturated carbocycles. The molecule has 22 heavy (non-hydrogen) atoms. The second-order valence-corrected chi connectivity index (χ2v) is 5.79. The highest BCUT2D eigenvalue weighted by atomic mass is 19.4. The van der Waals surface area contributed by atoms with Crippen LogP contribution in [-0.4, -0.2) is 16.5 Å². The van der Waals surface area contributed by atoms with Crippen LogP contribution < -0.4 is 10.9 Å². The molecule has 1 aromatic rings. The van der Waals surface area contributed by atoms with E-state index in [4.69, 9.17) is 0 Å². The summed E-state index contributed by atoms with van der Waals surface area (Å²) in [4.78, 5) is 23.8. The Kier molecular flexibility index (Phi) is 4.93. The standard InChI is InChI=1S/C15H19F3N2O2/c1-10-5-2-3-7-12(10)19-13(21)9-20-8-4-6-11(14(20)22)15(16,17)18/h4,6,8,10,12H,2-3,5,7,9H2,1H3,(H,19,21). The summed E-state index contributed by atoms with van der Waals surface area (Å²) in [6.45, 7) is 1.65. The summed E-state index contributed by atoms with van der Waals surface area (Å²) in [6, 6.07) is 1.88. The number of hydrogen-bond acceptors (Lipinski definition) is 2. The maximum absolute atomic E-state index is 12.7. The van der Waals surface area contributed by atoms with Gasteiger partial charge in [0.25, 0.3) is 5.56 Å². The minimum absolute atomic E-state index is 0.0303. The van der Waals surface area contributed by atoms with Gasteiger partial charge < -0.3 is 9.88 Å². The average molecular weight is 316 g/mol. The number of carbonyl (C=O) groups excluding carboxylic acids is 1. The van der Waals surface area contributed by atoms with Crippen LogP contribution >= 0.6 is 0 Å². The number of amides is 1. The van der Waals surface area contributed by atoms with Crippen molar-refractivity contribution in [3.05, 3.63) is 34.2 Å². The Morgan fingerprint density at radius 2 is 2.05 bits per heavy atom. The van der Waals surface area contributed by atoms with Crippen LogP contribution in [0.15, 0.2) is 23.1 Å². The minimum atomic E-state index is -4.71. The van der Waals surface area contributed by atoms with Crippen LogP contribution in [0.25, 0.3) is 0 Å².